The summed E-state index contributed by atoms with van der Waals surface area (Å²) in [5.41, 5.74) is 29.7. The highest BCUT2D eigenvalue weighted by atomic mass is 32.7. The Morgan fingerprint density at radius 3 is 0.903 bits per heavy atom. The number of nitrogens with zero attached hydrogens (tertiary/aromatic N) is 15. The van der Waals surface area contributed by atoms with Crippen molar-refractivity contribution in [2.45, 2.75) is 222 Å². The van der Waals surface area contributed by atoms with Gasteiger partial charge in [-0.25, -0.2) is 33.9 Å². The molecule has 7 fully saturated rings. The van der Waals surface area contributed by atoms with Crippen molar-refractivity contribution in [3.63, 3.8) is 0 Å². The summed E-state index contributed by atoms with van der Waals surface area (Å²) >= 11 is 37.5. The number of ether oxygens (including phenoxy) is 7. The molecule has 9 aromatic rings. The van der Waals surface area contributed by atoms with Gasteiger partial charge in [-0.3, -0.25) is 65.9 Å². The number of aromatic nitrogens is 18. The van der Waals surface area contributed by atoms with Crippen LogP contribution in [0.25, 0.3) is 22.3 Å². The van der Waals surface area contributed by atoms with Gasteiger partial charge in [-0.1, -0.05) is 77.8 Å². The van der Waals surface area contributed by atoms with E-state index in [0.29, 0.717) is 12.0 Å². The number of fused-ring (bicyclic) bond motifs is 2. The molecule has 0 bridgehead atoms. The van der Waals surface area contributed by atoms with Gasteiger partial charge in [-0.2, -0.15) is 29.9 Å². The van der Waals surface area contributed by atoms with Gasteiger partial charge in [-0.05, 0) is 41.0 Å². The predicted octanol–water partition coefficient (Wildman–Crippen LogP) is -3.76. The molecule has 0 saturated carbocycles. The first kappa shape index (κ1) is 111. The summed E-state index contributed by atoms with van der Waals surface area (Å²) in [5.74, 6) is -1.10. The molecule has 16 rings (SSSR count). The van der Waals surface area contributed by atoms with Crippen LogP contribution in [0.3, 0.4) is 0 Å². The maximum absolute atomic E-state index is 14.9. The summed E-state index contributed by atoms with van der Waals surface area (Å²) in [5, 5.41) is 0. The van der Waals surface area contributed by atoms with Crippen LogP contribution in [0.2, 0.25) is 0 Å². The molecule has 16 N–H and O–H groups in total. The van der Waals surface area contributed by atoms with Gasteiger partial charge >= 0.3 is 28.4 Å². The first-order chi connectivity index (χ1) is 68.0. The number of anilines is 6. The third kappa shape index (κ3) is 26.4. The molecule has 0 radical (unpaired) electrons. The Labute approximate surface area is 850 Å². The van der Waals surface area contributed by atoms with Gasteiger partial charge in [0, 0.05) is 104 Å². The molecule has 0 aliphatic carbocycles. The van der Waals surface area contributed by atoms with Crippen molar-refractivity contribution < 1.29 is 131 Å². The van der Waals surface area contributed by atoms with E-state index in [4.69, 9.17) is 198 Å². The highest BCUT2D eigenvalue weighted by Gasteiger charge is 2.49. The lowest BCUT2D eigenvalue weighted by atomic mass is 10.1. The average molecular weight is 2300 g/mol. The van der Waals surface area contributed by atoms with Crippen molar-refractivity contribution in [2.24, 2.45) is 0 Å². The molecule has 0 amide bonds. The molecule has 28 atom stereocenters. The number of H-pyrrole nitrogens is 3. The topological polar surface area (TPSA) is 838 Å². The molecule has 16 heterocycles. The van der Waals surface area contributed by atoms with Crippen LogP contribution in [0.5, 0.6) is 0 Å². The number of aromatic amines is 3. The van der Waals surface area contributed by atoms with Crippen molar-refractivity contribution >= 4 is 188 Å². The van der Waals surface area contributed by atoms with Crippen molar-refractivity contribution in [1.82, 2.24) is 86.8 Å². The van der Waals surface area contributed by atoms with Gasteiger partial charge in [-0.15, -0.1) is 0 Å². The molecule has 60 nitrogen and oxygen atoms in total. The third-order valence-corrected chi connectivity index (χ3v) is 34.0. The van der Waals surface area contributed by atoms with Crippen LogP contribution in [-0.4, -0.2) is 217 Å². The zero-order valence-corrected chi connectivity index (χ0v) is 87.9. The summed E-state index contributed by atoms with van der Waals surface area (Å²) in [4.78, 5) is 240. The maximum Gasteiger partial charge on any atom is 0.351 e. The van der Waals surface area contributed by atoms with Crippen molar-refractivity contribution in [3.8, 4) is 0 Å². The Kier molecular flexibility index (Phi) is 33.6. The minimum absolute atomic E-state index is 0.0124. The van der Waals surface area contributed by atoms with E-state index in [-0.39, 0.29) is 99.0 Å². The quantitative estimate of drug-likeness (QED) is 0.0130. The van der Waals surface area contributed by atoms with E-state index in [1.165, 1.54) is 74.3 Å². The summed E-state index contributed by atoms with van der Waals surface area (Å²) in [6.07, 6.45) is -22.9. The molecule has 7 aliphatic heterocycles. The highest BCUT2D eigenvalue weighted by Crippen LogP contribution is 2.57. The largest absolute Gasteiger partial charge is 0.780 e. The highest BCUT2D eigenvalue weighted by molar-refractivity contribution is 8.32. The van der Waals surface area contributed by atoms with Gasteiger partial charge in [0.25, 0.3) is 16.7 Å². The monoisotopic (exact) mass is 2300 g/mol. The first-order valence-electron chi connectivity index (χ1n) is 43.3. The Hall–Kier alpha value is -6.90. The number of nitrogens with two attached hydrogens (primary N) is 6. The molecule has 7 saturated heterocycles. The van der Waals surface area contributed by atoms with Crippen LogP contribution in [0.1, 0.15) is 130 Å². The minimum Gasteiger partial charge on any atom is -0.780 e. The number of hydrogen-bond acceptors (Lipinski definition) is 56. The zero-order chi connectivity index (χ0) is 105. The maximum atomic E-state index is 14.9. The van der Waals surface area contributed by atoms with E-state index >= 15 is 0 Å². The van der Waals surface area contributed by atoms with E-state index in [2.05, 4.69) is 66.6 Å². The SMILES string of the molecule is CC[C@H]1O[C@@H](n2cnc3c(=O)[nH]c(N)nc32)C[C@H]1OP([O-])(=S)OC[C@H]1O[C@@H](n2cc(C)c(N)nc2=O)C[C@H]1OP(=O)([S-])OC[C@H]1O[C@@H](n2cc(C)c(N)nc2=O)C[C@H]1OP([O-])(=S)OC[C@H]1O[C@@H](n2cc(C)c(N)nc2=O)C[C@H]1OP([O-])(=S)OC[C@H]1O[C@@H](n2cc(C)c(N)nc2=O)C[C@H]1OP([O-])(=S)OC[C@H]1O[C@@H](n2cc(C)c(=O)[nH]c2=O)C[C@H]1OP([O-])(=S)OC[C@H]1O[C@@H](n2cnc3c(=O)[nH]c(N)nc32)C[C@H]1OP([O-])(O)=S. The average Bonchev–Trinajstić information content (AvgIpc) is 1.62. The molecule has 145 heavy (non-hydrogen) atoms. The number of imidazole rings is 2. The number of rotatable bonds is 40. The van der Waals surface area contributed by atoms with E-state index in [1.807, 2.05) is 0 Å². The van der Waals surface area contributed by atoms with Crippen LogP contribution >= 0.6 is 47.1 Å². The normalized spacial score (nSPS) is 29.5. The molecule has 794 valence electrons. The van der Waals surface area contributed by atoms with E-state index < -0.39 is 287 Å². The lowest BCUT2D eigenvalue weighted by molar-refractivity contribution is -0.221. The fourth-order valence-electron chi connectivity index (χ4n) is 16.7. The molecule has 0 aromatic carbocycles. The smallest absolute Gasteiger partial charge is 0.351 e. The summed E-state index contributed by atoms with van der Waals surface area (Å²) < 4.78 is 142. The molecule has 7 unspecified atom stereocenters. The third-order valence-electron chi connectivity index (χ3n) is 23.8. The first-order valence-corrected chi connectivity index (χ1v) is 61.2. The Morgan fingerprint density at radius 1 is 0.366 bits per heavy atom. The summed E-state index contributed by atoms with van der Waals surface area (Å²) in [6, 6.07) is 0. The van der Waals surface area contributed by atoms with Gasteiger partial charge < -0.3 is 173 Å². The standard InChI is InChI=1S/C71H97N24O36P7S7/c1-7-33-34(8-52(118-33)94-26-78-54-60(94)84-65(76)86-63(54)97)126-133(106,140)113-21-42-36(10-47(119-42)89-15-28(2)56(72)80-67(89)99)127-135(108,142)114-22-43-37(11-48(120-43)90-16-29(3)57(73)81-68(90)100)128-136(109,143)115-23-44-38(12-49(121-44)91-17-30(4)58(74)82-69(91)101)129-137(110,144)116-24-45-39(13-50(122-45)92-18-31(5)59(75)83-70(92)102)130-138(111,145)117-25-46-40(14-51(123-46)93-19-32(6)62(96)88-71(93)103)131-134(107,141)112-20-41-35(125-132(104,105)139)9-53(124-41)95-27-79-55-61(95)85-66(77)87-64(55)98/h15-19,26-27,33-53H,7-14,20-25H2,1-6H3,(H,106,140)(H,107,141)(H,108,142)(H,109,143)(H,110,144)(H,111,145)(H2,72,80,99)(H2,73,81,100)(H2,74,82,101)(H2,75,83,102)(H,88,96,103)(H2,104,105,139)(H3,76,84,86,97)(H3,77,85,87,98)/p-7/t33-,34-,35-,36-,37-,38-,39-,40-,41-,42-,43-,44-,45-,46-,47-,48-,49-,50-,51-,52-,53-,133?,134?,135?,136?,137?,138?/m1/s1. The van der Waals surface area contributed by atoms with Crippen LogP contribution < -0.4 is 109 Å². The lowest BCUT2D eigenvalue weighted by Crippen LogP contribution is -2.34. The second-order valence-electron chi connectivity index (χ2n) is 33.9. The van der Waals surface area contributed by atoms with Gasteiger partial charge in [0.1, 0.15) is 144 Å². The molecule has 9 aromatic heterocycles. The molecule has 0 spiro atoms. The Bertz CT molecular complexity index is 7350. The van der Waals surface area contributed by atoms with Crippen molar-refractivity contribution in [3.05, 3.63) is 155 Å². The Balaban J connectivity index is 0.600. The second kappa shape index (κ2) is 44.1. The van der Waals surface area contributed by atoms with Crippen LogP contribution in [0, 0.1) is 34.6 Å². The number of nitrogen functional groups attached to an aromatic ring is 6. The molecule has 7 aliphatic rings. The zero-order valence-electron chi connectivity index (χ0n) is 76.0. The second-order valence-corrected chi connectivity index (χ2v) is 52.7. The number of hydrogen-bond donors (Lipinski definition) is 10. The lowest BCUT2D eigenvalue weighted by Gasteiger charge is -2.36. The fraction of sp³-hybridized carbons (Fsp3) is 0.577. The van der Waals surface area contributed by atoms with E-state index in [0.717, 1.165) is 29.0 Å². The molecular weight excluding hydrogens is 2210 g/mol. The van der Waals surface area contributed by atoms with Crippen LogP contribution in [0.15, 0.2) is 82.0 Å². The predicted molar refractivity (Wildman–Crippen MR) is 514 cm³/mol. The number of aryl methyl sites for hydroxylation is 5. The Morgan fingerprint density at radius 2 is 0.614 bits per heavy atom. The van der Waals surface area contributed by atoms with Gasteiger partial charge in [0.2, 0.25) is 11.9 Å². The minimum atomic E-state index is -5.07. The van der Waals surface area contributed by atoms with E-state index in [1.54, 1.807) is 13.8 Å². The molecular formula is C71H90N24O36P7S7-7. The number of nitrogens with one attached hydrogen (secondary N) is 3. The van der Waals surface area contributed by atoms with Crippen molar-refractivity contribution in [1.29, 1.82) is 0 Å². The summed E-state index contributed by atoms with van der Waals surface area (Å²) in [7, 11) is 0. The van der Waals surface area contributed by atoms with Crippen molar-refractivity contribution in [2.75, 3.05) is 74.0 Å². The van der Waals surface area contributed by atoms with Gasteiger partial charge in [0.15, 0.2) is 29.1 Å². The molecule has 74 heteroatoms. The van der Waals surface area contributed by atoms with Gasteiger partial charge in [0.05, 0.1) is 101 Å². The van der Waals surface area contributed by atoms with Crippen LogP contribution in [-0.2, 0) is 180 Å². The fourth-order valence-corrected chi connectivity index (χ4v) is 26.4. The summed E-state index contributed by atoms with van der Waals surface area (Å²) in [6.45, 7) is -30.4. The van der Waals surface area contributed by atoms with E-state index in [9.17, 15) is 77.2 Å². The van der Waals surface area contributed by atoms with Crippen LogP contribution in [0.4, 0.5) is 35.2 Å².